The van der Waals surface area contributed by atoms with Gasteiger partial charge in [-0.15, -0.1) is 11.3 Å². The number of nitrogens with one attached hydrogen (secondary N) is 1. The first-order chi connectivity index (χ1) is 10.0. The number of benzene rings is 1. The number of thiophene rings is 1. The predicted molar refractivity (Wildman–Crippen MR) is 93.7 cm³/mol. The minimum Gasteiger partial charge on any atom is -0.399 e. The Labute approximate surface area is 144 Å². The van der Waals surface area contributed by atoms with Crippen molar-refractivity contribution in [1.29, 1.82) is 0 Å². The predicted octanol–water partition coefficient (Wildman–Crippen LogP) is 4.66. The summed E-state index contributed by atoms with van der Waals surface area (Å²) in [4.78, 5) is 12.4. The van der Waals surface area contributed by atoms with Crippen molar-refractivity contribution in [2.75, 3.05) is 5.73 Å². The number of aryl methyl sites for hydroxylation is 1. The van der Waals surface area contributed by atoms with Crippen molar-refractivity contribution in [2.45, 2.75) is 25.3 Å². The van der Waals surface area contributed by atoms with Crippen LogP contribution in [0.1, 0.15) is 40.4 Å². The average Bonchev–Trinajstić information content (AvgIpc) is 2.77. The zero-order chi connectivity index (χ0) is 15.0. The number of carbonyl (C=O) groups excluding carboxylic acids is 1. The zero-order valence-corrected chi connectivity index (χ0v) is 15.1. The average molecular weight is 430 g/mol. The standard InChI is InChI=1S/C15H14Br2N2OS/c16-13-7-11(14(17)21-13)15(20)19-12-3-1-2-8-6-9(18)4-5-10(8)12/h4-7,12H,1-3,18H2,(H,19,20). The van der Waals surface area contributed by atoms with Gasteiger partial charge >= 0.3 is 0 Å². The van der Waals surface area contributed by atoms with Gasteiger partial charge in [0.25, 0.3) is 5.91 Å². The molecule has 3 N–H and O–H groups in total. The van der Waals surface area contributed by atoms with Crippen LogP contribution in [0.15, 0.2) is 31.8 Å². The van der Waals surface area contributed by atoms with Gasteiger partial charge < -0.3 is 11.1 Å². The molecule has 21 heavy (non-hydrogen) atoms. The second kappa shape index (κ2) is 6.10. The van der Waals surface area contributed by atoms with Crippen molar-refractivity contribution in [2.24, 2.45) is 0 Å². The van der Waals surface area contributed by atoms with Crippen LogP contribution in [0.2, 0.25) is 0 Å². The SMILES string of the molecule is Nc1ccc2c(c1)CCCC2NC(=O)c1cc(Br)sc1Br. The maximum atomic E-state index is 12.4. The van der Waals surface area contributed by atoms with Crippen LogP contribution in [0.3, 0.4) is 0 Å². The maximum absolute atomic E-state index is 12.4. The van der Waals surface area contributed by atoms with Crippen LogP contribution < -0.4 is 11.1 Å². The van der Waals surface area contributed by atoms with E-state index in [0.717, 1.165) is 32.5 Å². The summed E-state index contributed by atoms with van der Waals surface area (Å²) >= 11 is 8.34. The number of carbonyl (C=O) groups is 1. The van der Waals surface area contributed by atoms with E-state index in [-0.39, 0.29) is 11.9 Å². The van der Waals surface area contributed by atoms with Crippen LogP contribution in [-0.2, 0) is 6.42 Å². The molecule has 3 rings (SSSR count). The highest BCUT2D eigenvalue weighted by Gasteiger charge is 2.23. The quantitative estimate of drug-likeness (QED) is 0.682. The molecular formula is C15H14Br2N2OS. The summed E-state index contributed by atoms with van der Waals surface area (Å²) < 4.78 is 1.79. The summed E-state index contributed by atoms with van der Waals surface area (Å²) in [5.74, 6) is -0.0431. The molecule has 0 saturated heterocycles. The fourth-order valence-electron chi connectivity index (χ4n) is 2.72. The van der Waals surface area contributed by atoms with Gasteiger partial charge in [0, 0.05) is 5.69 Å². The lowest BCUT2D eigenvalue weighted by molar-refractivity contribution is 0.0932. The van der Waals surface area contributed by atoms with Crippen molar-refractivity contribution in [3.05, 3.63) is 48.5 Å². The van der Waals surface area contributed by atoms with Crippen LogP contribution in [-0.4, -0.2) is 5.91 Å². The van der Waals surface area contributed by atoms with Crippen molar-refractivity contribution in [3.63, 3.8) is 0 Å². The third kappa shape index (κ3) is 3.17. The molecule has 1 unspecified atom stereocenters. The number of nitrogen functional groups attached to an aromatic ring is 1. The van der Waals surface area contributed by atoms with Gasteiger partial charge in [0.05, 0.1) is 19.2 Å². The van der Waals surface area contributed by atoms with Crippen LogP contribution >= 0.6 is 43.2 Å². The first-order valence-electron chi connectivity index (χ1n) is 6.68. The molecule has 0 fully saturated rings. The molecule has 1 heterocycles. The van der Waals surface area contributed by atoms with E-state index in [4.69, 9.17) is 5.73 Å². The Kier molecular flexibility index (Phi) is 4.38. The first-order valence-corrected chi connectivity index (χ1v) is 9.09. The number of halogens is 2. The Bertz CT molecular complexity index is 699. The lowest BCUT2D eigenvalue weighted by atomic mass is 9.87. The van der Waals surface area contributed by atoms with E-state index in [9.17, 15) is 4.79 Å². The van der Waals surface area contributed by atoms with E-state index in [0.29, 0.717) is 5.56 Å². The first kappa shape index (κ1) is 15.1. The van der Waals surface area contributed by atoms with E-state index in [2.05, 4.69) is 37.2 Å². The number of anilines is 1. The highest BCUT2D eigenvalue weighted by Crippen LogP contribution is 2.34. The van der Waals surface area contributed by atoms with Gasteiger partial charge in [-0.2, -0.15) is 0 Å². The van der Waals surface area contributed by atoms with Gasteiger partial charge in [-0.1, -0.05) is 6.07 Å². The number of fused-ring (bicyclic) bond motifs is 1. The summed E-state index contributed by atoms with van der Waals surface area (Å²) in [6.07, 6.45) is 3.06. The van der Waals surface area contributed by atoms with Crippen LogP contribution in [0, 0.1) is 0 Å². The molecule has 0 aliphatic heterocycles. The normalized spacial score (nSPS) is 17.3. The highest BCUT2D eigenvalue weighted by atomic mass is 79.9. The smallest absolute Gasteiger partial charge is 0.253 e. The zero-order valence-electron chi connectivity index (χ0n) is 11.2. The summed E-state index contributed by atoms with van der Waals surface area (Å²) in [6.45, 7) is 0. The topological polar surface area (TPSA) is 55.1 Å². The fraction of sp³-hybridized carbons (Fsp3) is 0.267. The molecule has 1 aromatic heterocycles. The monoisotopic (exact) mass is 428 g/mol. The largest absolute Gasteiger partial charge is 0.399 e. The molecule has 6 heteroatoms. The van der Waals surface area contributed by atoms with Crippen LogP contribution in [0.4, 0.5) is 5.69 Å². The lowest BCUT2D eigenvalue weighted by Crippen LogP contribution is -2.31. The van der Waals surface area contributed by atoms with Gasteiger partial charge in [0.15, 0.2) is 0 Å². The Morgan fingerprint density at radius 3 is 2.86 bits per heavy atom. The van der Waals surface area contributed by atoms with E-state index in [1.807, 2.05) is 24.3 Å². The number of hydrogen-bond donors (Lipinski definition) is 2. The van der Waals surface area contributed by atoms with Crippen molar-refractivity contribution < 1.29 is 4.79 Å². The number of amides is 1. The van der Waals surface area contributed by atoms with Gasteiger partial charge in [-0.05, 0) is 80.4 Å². The molecule has 2 aromatic rings. The molecule has 1 aliphatic rings. The molecule has 0 radical (unpaired) electrons. The molecule has 1 aliphatic carbocycles. The number of hydrogen-bond acceptors (Lipinski definition) is 3. The summed E-state index contributed by atoms with van der Waals surface area (Å²) in [6, 6.07) is 7.86. The van der Waals surface area contributed by atoms with E-state index in [1.165, 1.54) is 22.5 Å². The number of nitrogens with two attached hydrogens (primary N) is 1. The van der Waals surface area contributed by atoms with Gasteiger partial charge in [-0.25, -0.2) is 0 Å². The van der Waals surface area contributed by atoms with Crippen molar-refractivity contribution in [3.8, 4) is 0 Å². The fourth-order valence-corrected chi connectivity index (χ4v) is 5.51. The summed E-state index contributed by atoms with van der Waals surface area (Å²) in [7, 11) is 0. The van der Waals surface area contributed by atoms with E-state index in [1.54, 1.807) is 0 Å². The summed E-state index contributed by atoms with van der Waals surface area (Å²) in [5.41, 5.74) is 9.74. The van der Waals surface area contributed by atoms with Crippen LogP contribution in [0.25, 0.3) is 0 Å². The van der Waals surface area contributed by atoms with E-state index >= 15 is 0 Å². The molecule has 3 nitrogen and oxygen atoms in total. The Hall–Kier alpha value is -0.850. The molecule has 0 spiro atoms. The summed E-state index contributed by atoms with van der Waals surface area (Å²) in [5, 5.41) is 3.14. The molecular weight excluding hydrogens is 416 g/mol. The minimum absolute atomic E-state index is 0.0431. The number of rotatable bonds is 2. The Balaban J connectivity index is 1.83. The van der Waals surface area contributed by atoms with Gasteiger partial charge in [-0.3, -0.25) is 4.79 Å². The molecule has 1 aromatic carbocycles. The second-order valence-electron chi connectivity index (χ2n) is 5.11. The Morgan fingerprint density at radius 2 is 2.14 bits per heavy atom. The molecule has 110 valence electrons. The molecule has 1 amide bonds. The van der Waals surface area contributed by atoms with Crippen LogP contribution in [0.5, 0.6) is 0 Å². The van der Waals surface area contributed by atoms with Gasteiger partial charge in [0.1, 0.15) is 0 Å². The van der Waals surface area contributed by atoms with E-state index < -0.39 is 0 Å². The highest BCUT2D eigenvalue weighted by molar-refractivity contribution is 9.12. The Morgan fingerprint density at radius 1 is 1.33 bits per heavy atom. The second-order valence-corrected chi connectivity index (χ2v) is 8.86. The third-order valence-electron chi connectivity index (χ3n) is 3.69. The van der Waals surface area contributed by atoms with Gasteiger partial charge in [0.2, 0.25) is 0 Å². The maximum Gasteiger partial charge on any atom is 0.253 e. The lowest BCUT2D eigenvalue weighted by Gasteiger charge is -2.26. The molecule has 0 saturated carbocycles. The van der Waals surface area contributed by atoms with Crippen molar-refractivity contribution in [1.82, 2.24) is 5.32 Å². The minimum atomic E-state index is -0.0431. The van der Waals surface area contributed by atoms with Crippen molar-refractivity contribution >= 4 is 54.8 Å². The molecule has 1 atom stereocenters. The third-order valence-corrected chi connectivity index (χ3v) is 6.03. The molecule has 0 bridgehead atoms.